The van der Waals surface area contributed by atoms with Gasteiger partial charge in [-0.25, -0.2) is 0 Å². The Hall–Kier alpha value is -1.60. The van der Waals surface area contributed by atoms with Crippen molar-refractivity contribution in [1.82, 2.24) is 20.3 Å². The van der Waals surface area contributed by atoms with Gasteiger partial charge in [0.25, 0.3) is 0 Å². The number of piperazine rings is 1. The number of guanidine groups is 1. The molecule has 1 aliphatic carbocycles. The minimum absolute atomic E-state index is 0.0723. The first kappa shape index (κ1) is 20.1. The molecule has 2 atom stereocenters. The Morgan fingerprint density at radius 2 is 2.04 bits per heavy atom. The van der Waals surface area contributed by atoms with Gasteiger partial charge in [0.15, 0.2) is 5.96 Å². The fourth-order valence-electron chi connectivity index (χ4n) is 4.10. The Morgan fingerprint density at radius 1 is 1.33 bits per heavy atom. The molecule has 2 heterocycles. The van der Waals surface area contributed by atoms with Gasteiger partial charge in [-0.1, -0.05) is 19.0 Å². The molecule has 7 nitrogen and oxygen atoms in total. The highest BCUT2D eigenvalue weighted by Gasteiger charge is 2.58. The van der Waals surface area contributed by atoms with Gasteiger partial charge in [0.2, 0.25) is 0 Å². The van der Waals surface area contributed by atoms with Gasteiger partial charge in [-0.05, 0) is 27.2 Å². The lowest BCUT2D eigenvalue weighted by atomic mass is 9.56. The van der Waals surface area contributed by atoms with Gasteiger partial charge < -0.3 is 19.5 Å². The lowest BCUT2D eigenvalue weighted by Crippen LogP contribution is -2.70. The van der Waals surface area contributed by atoms with E-state index >= 15 is 0 Å². The van der Waals surface area contributed by atoms with E-state index in [1.165, 1.54) is 0 Å². The van der Waals surface area contributed by atoms with Gasteiger partial charge in [-0.15, -0.1) is 0 Å². The van der Waals surface area contributed by atoms with Crippen molar-refractivity contribution >= 4 is 5.96 Å². The zero-order valence-electron chi connectivity index (χ0n) is 17.7. The summed E-state index contributed by atoms with van der Waals surface area (Å²) in [4.78, 5) is 9.57. The second-order valence-electron chi connectivity index (χ2n) is 8.55. The van der Waals surface area contributed by atoms with Crippen LogP contribution in [-0.2, 0) is 11.3 Å². The minimum atomic E-state index is -0.0730. The number of rotatable bonds is 5. The Labute approximate surface area is 163 Å². The van der Waals surface area contributed by atoms with Crippen LogP contribution < -0.4 is 5.32 Å². The maximum atomic E-state index is 5.76. The van der Waals surface area contributed by atoms with Crippen molar-refractivity contribution in [2.75, 3.05) is 39.8 Å². The maximum Gasteiger partial charge on any atom is 0.194 e. The summed E-state index contributed by atoms with van der Waals surface area (Å²) in [5.74, 6) is 1.90. The van der Waals surface area contributed by atoms with E-state index in [2.05, 4.69) is 48.0 Å². The van der Waals surface area contributed by atoms with Crippen LogP contribution in [0.1, 0.15) is 45.6 Å². The van der Waals surface area contributed by atoms with Crippen LogP contribution in [0.15, 0.2) is 15.6 Å². The van der Waals surface area contributed by atoms with Crippen LogP contribution in [0.3, 0.4) is 0 Å². The third-order valence-electron chi connectivity index (χ3n) is 6.62. The molecule has 7 heteroatoms. The number of nitrogens with zero attached hydrogens (tertiary/aromatic N) is 4. The maximum absolute atomic E-state index is 5.76. The van der Waals surface area contributed by atoms with Crippen LogP contribution in [0.25, 0.3) is 0 Å². The number of aryl methyl sites for hydroxylation is 1. The second kappa shape index (κ2) is 7.80. The largest absolute Gasteiger partial charge is 0.378 e. The summed E-state index contributed by atoms with van der Waals surface area (Å²) in [5.41, 5.74) is 1.01. The van der Waals surface area contributed by atoms with Crippen molar-refractivity contribution in [3.05, 3.63) is 17.5 Å². The molecule has 2 fully saturated rings. The first-order valence-electron chi connectivity index (χ1n) is 10.0. The van der Waals surface area contributed by atoms with E-state index in [4.69, 9.17) is 14.3 Å². The fraction of sp³-hybridized carbons (Fsp3) is 0.800. The standard InChI is InChI=1S/C20H35N5O2/c1-7-21-18(22-17-13-20(5,26-6)19(17,3)4)25-10-8-24(9-11-25)14-16-12-15(2)27-23-16/h12,17H,7-11,13-14H2,1-6H3,(H,21,22). The molecule has 1 N–H and O–H groups in total. The fourth-order valence-corrected chi connectivity index (χ4v) is 4.10. The molecule has 0 bridgehead atoms. The third-order valence-corrected chi connectivity index (χ3v) is 6.62. The molecule has 1 saturated carbocycles. The molecule has 27 heavy (non-hydrogen) atoms. The van der Waals surface area contributed by atoms with Crippen LogP contribution in [0.4, 0.5) is 0 Å². The Bertz CT molecular complexity index is 663. The van der Waals surface area contributed by atoms with Crippen molar-refractivity contribution in [1.29, 1.82) is 0 Å². The van der Waals surface area contributed by atoms with E-state index in [1.54, 1.807) is 0 Å². The highest BCUT2D eigenvalue weighted by Crippen LogP contribution is 2.51. The third kappa shape index (κ3) is 3.99. The monoisotopic (exact) mass is 377 g/mol. The molecule has 1 saturated heterocycles. The van der Waals surface area contributed by atoms with Crippen LogP contribution >= 0.6 is 0 Å². The minimum Gasteiger partial charge on any atom is -0.378 e. The van der Waals surface area contributed by atoms with E-state index in [9.17, 15) is 0 Å². The second-order valence-corrected chi connectivity index (χ2v) is 8.55. The van der Waals surface area contributed by atoms with Gasteiger partial charge in [0.1, 0.15) is 5.76 Å². The molecule has 2 unspecified atom stereocenters. The zero-order valence-corrected chi connectivity index (χ0v) is 17.7. The highest BCUT2D eigenvalue weighted by molar-refractivity contribution is 5.80. The van der Waals surface area contributed by atoms with Crippen molar-refractivity contribution in [3.63, 3.8) is 0 Å². The van der Waals surface area contributed by atoms with E-state index in [-0.39, 0.29) is 11.0 Å². The summed E-state index contributed by atoms with van der Waals surface area (Å²) in [6.45, 7) is 16.4. The number of hydrogen-bond acceptors (Lipinski definition) is 5. The topological polar surface area (TPSA) is 66.1 Å². The summed E-state index contributed by atoms with van der Waals surface area (Å²) >= 11 is 0. The van der Waals surface area contributed by atoms with E-state index in [1.807, 2.05) is 20.1 Å². The predicted molar refractivity (Wildman–Crippen MR) is 107 cm³/mol. The van der Waals surface area contributed by atoms with Crippen LogP contribution in [0.2, 0.25) is 0 Å². The van der Waals surface area contributed by atoms with Crippen LogP contribution in [0.5, 0.6) is 0 Å². The van der Waals surface area contributed by atoms with Crippen LogP contribution in [-0.4, -0.2) is 72.4 Å². The number of aromatic nitrogens is 1. The first-order valence-corrected chi connectivity index (χ1v) is 10.0. The Kier molecular flexibility index (Phi) is 5.82. The smallest absolute Gasteiger partial charge is 0.194 e. The quantitative estimate of drug-likeness (QED) is 0.627. The number of hydrogen-bond donors (Lipinski definition) is 1. The molecular weight excluding hydrogens is 342 g/mol. The number of aliphatic imine (C=N–C) groups is 1. The van der Waals surface area contributed by atoms with Gasteiger partial charge >= 0.3 is 0 Å². The average molecular weight is 378 g/mol. The zero-order chi connectivity index (χ0) is 19.7. The molecule has 1 aromatic heterocycles. The number of methoxy groups -OCH3 is 1. The normalized spacial score (nSPS) is 28.9. The molecule has 3 rings (SSSR count). The van der Waals surface area contributed by atoms with Crippen molar-refractivity contribution in [2.45, 2.75) is 59.2 Å². The lowest BCUT2D eigenvalue weighted by molar-refractivity contribution is -0.177. The molecule has 0 spiro atoms. The number of nitrogens with one attached hydrogen (secondary N) is 1. The first-order chi connectivity index (χ1) is 12.8. The molecule has 1 aliphatic heterocycles. The highest BCUT2D eigenvalue weighted by atomic mass is 16.5. The molecule has 152 valence electrons. The SMILES string of the molecule is CCN=C(NC1CC(C)(OC)C1(C)C)N1CCN(Cc2cc(C)on2)CC1. The summed E-state index contributed by atoms with van der Waals surface area (Å²) in [5, 5.41) is 7.83. The van der Waals surface area contributed by atoms with E-state index < -0.39 is 0 Å². The lowest BCUT2D eigenvalue weighted by Gasteiger charge is -2.59. The van der Waals surface area contributed by atoms with Crippen molar-refractivity contribution in [2.24, 2.45) is 10.4 Å². The van der Waals surface area contributed by atoms with Gasteiger partial charge in [-0.2, -0.15) is 0 Å². The number of ether oxygens (including phenoxy) is 1. The van der Waals surface area contributed by atoms with Crippen molar-refractivity contribution < 1.29 is 9.26 Å². The van der Waals surface area contributed by atoms with Crippen LogP contribution in [0, 0.1) is 12.3 Å². The summed E-state index contributed by atoms with van der Waals surface area (Å²) in [6, 6.07) is 2.40. The Morgan fingerprint density at radius 3 is 2.56 bits per heavy atom. The molecule has 1 aromatic rings. The van der Waals surface area contributed by atoms with Crippen molar-refractivity contribution in [3.8, 4) is 0 Å². The van der Waals surface area contributed by atoms with Gasteiger partial charge in [-0.3, -0.25) is 9.89 Å². The molecular formula is C20H35N5O2. The van der Waals surface area contributed by atoms with Gasteiger partial charge in [0, 0.05) is 63.9 Å². The predicted octanol–water partition coefficient (Wildman–Crippen LogP) is 2.27. The molecule has 0 radical (unpaired) electrons. The molecule has 0 amide bonds. The Balaban J connectivity index is 1.55. The average Bonchev–Trinajstić information content (AvgIpc) is 3.06. The molecule has 0 aromatic carbocycles. The van der Waals surface area contributed by atoms with E-state index in [0.29, 0.717) is 6.04 Å². The summed E-state index contributed by atoms with van der Waals surface area (Å²) in [6.07, 6.45) is 1.00. The molecule has 2 aliphatic rings. The van der Waals surface area contributed by atoms with E-state index in [0.717, 1.165) is 63.1 Å². The van der Waals surface area contributed by atoms with Gasteiger partial charge in [0.05, 0.1) is 11.3 Å². The summed E-state index contributed by atoms with van der Waals surface area (Å²) < 4.78 is 10.9. The summed E-state index contributed by atoms with van der Waals surface area (Å²) in [7, 11) is 1.81.